The first-order valence-electron chi connectivity index (χ1n) is 4.12. The largest absolute Gasteiger partial charge is 0.412 e. The van der Waals surface area contributed by atoms with E-state index in [2.05, 4.69) is 38.0 Å². The molecule has 2 nitrogen and oxygen atoms in total. The molecule has 0 fully saturated rings. The van der Waals surface area contributed by atoms with Gasteiger partial charge in [0.25, 0.3) is 0 Å². The van der Waals surface area contributed by atoms with Gasteiger partial charge in [-0.15, -0.1) is 0 Å². The second-order valence-corrected chi connectivity index (χ2v) is 3.36. The Bertz CT molecular complexity index is 143. The van der Waals surface area contributed by atoms with Gasteiger partial charge in [-0.25, -0.2) is 13.2 Å². The molecule has 0 saturated heterocycles. The van der Waals surface area contributed by atoms with Gasteiger partial charge in [-0.05, 0) is 28.2 Å². The standard InChI is InChI=1S/C6H16N2.C2F5.CH3.Pd/c1-7(2)5-6-8(3)4;3-1(4)2(5,6)7;;/h5-6H2,1-4H3;;1H3;/q;2*-1;. The van der Waals surface area contributed by atoms with Crippen molar-refractivity contribution in [2.45, 2.75) is 6.18 Å². The Morgan fingerprint density at radius 2 is 1.06 bits per heavy atom. The molecule has 0 aromatic heterocycles. The molecule has 0 aliphatic rings. The van der Waals surface area contributed by atoms with Crippen molar-refractivity contribution in [3.63, 3.8) is 0 Å². The first-order valence-corrected chi connectivity index (χ1v) is 4.12. The second-order valence-electron chi connectivity index (χ2n) is 3.36. The summed E-state index contributed by atoms with van der Waals surface area (Å²) in [5, 5.41) is 0. The van der Waals surface area contributed by atoms with Crippen molar-refractivity contribution in [2.24, 2.45) is 0 Å². The number of alkyl halides is 3. The molecule has 0 aliphatic carbocycles. The van der Waals surface area contributed by atoms with E-state index in [1.807, 2.05) is 0 Å². The third kappa shape index (κ3) is 26.1. The predicted molar refractivity (Wildman–Crippen MR) is 55.0 cm³/mol. The molecule has 0 spiro atoms. The van der Waals surface area contributed by atoms with Gasteiger partial charge in [0.1, 0.15) is 6.43 Å². The Kier molecular flexibility index (Phi) is 19.3. The number of halogens is 5. The maximum Gasteiger partial charge on any atom is 0.326 e. The van der Waals surface area contributed by atoms with Crippen LogP contribution in [0.25, 0.3) is 0 Å². The molecule has 0 heterocycles. The van der Waals surface area contributed by atoms with E-state index in [-0.39, 0.29) is 27.8 Å². The van der Waals surface area contributed by atoms with Crippen molar-refractivity contribution in [3.05, 3.63) is 13.9 Å². The molecule has 112 valence electrons. The number of nitrogens with zero attached hydrogens (tertiary/aromatic N) is 2. The van der Waals surface area contributed by atoms with Gasteiger partial charge in [-0.2, -0.15) is 0 Å². The van der Waals surface area contributed by atoms with Gasteiger partial charge in [-0.3, -0.25) is 0 Å². The van der Waals surface area contributed by atoms with Crippen LogP contribution in [0.4, 0.5) is 22.0 Å². The fraction of sp³-hybridized carbons (Fsp3) is 0.778. The quantitative estimate of drug-likeness (QED) is 0.436. The van der Waals surface area contributed by atoms with Gasteiger partial charge >= 0.3 is 6.18 Å². The molecule has 0 radical (unpaired) electrons. The SMILES string of the molecule is CN(C)CCN(C)C.F[C-](F)C(F)(F)F.[CH3-].[Pd]. The molecular formula is C9H19F5N2Pd-2. The van der Waals surface area contributed by atoms with Crippen LogP contribution in [-0.4, -0.2) is 57.3 Å². The zero-order valence-corrected chi connectivity index (χ0v) is 12.1. The molecule has 0 atom stereocenters. The molecule has 0 rings (SSSR count). The molecule has 0 saturated carbocycles. The predicted octanol–water partition coefficient (Wildman–Crippen LogP) is 2.53. The zero-order valence-electron chi connectivity index (χ0n) is 10.5. The molecule has 17 heavy (non-hydrogen) atoms. The van der Waals surface area contributed by atoms with Crippen LogP contribution in [0.5, 0.6) is 0 Å². The van der Waals surface area contributed by atoms with Crippen molar-refractivity contribution in [1.82, 2.24) is 9.80 Å². The number of hydrogen-bond donors (Lipinski definition) is 0. The second kappa shape index (κ2) is 12.7. The van der Waals surface area contributed by atoms with Crippen LogP contribution in [0.1, 0.15) is 0 Å². The Labute approximate surface area is 114 Å². The van der Waals surface area contributed by atoms with E-state index < -0.39 is 12.6 Å². The van der Waals surface area contributed by atoms with Crippen LogP contribution in [0.15, 0.2) is 0 Å². The summed E-state index contributed by atoms with van der Waals surface area (Å²) in [7, 11) is 8.35. The zero-order chi connectivity index (χ0) is 12.6. The van der Waals surface area contributed by atoms with Gasteiger partial charge in [0, 0.05) is 33.5 Å². The number of hydrogen-bond acceptors (Lipinski definition) is 2. The Hall–Kier alpha value is 0.232. The molecular weight excluding hydrogens is 338 g/mol. The minimum absolute atomic E-state index is 0. The summed E-state index contributed by atoms with van der Waals surface area (Å²) in [6.45, 7) is 2.29. The van der Waals surface area contributed by atoms with Crippen LogP contribution in [-0.2, 0) is 20.4 Å². The number of rotatable bonds is 3. The van der Waals surface area contributed by atoms with Crippen molar-refractivity contribution in [1.29, 1.82) is 0 Å². The van der Waals surface area contributed by atoms with E-state index >= 15 is 0 Å². The summed E-state index contributed by atoms with van der Waals surface area (Å²) in [5.74, 6) is 0. The van der Waals surface area contributed by atoms with E-state index in [9.17, 15) is 22.0 Å². The Morgan fingerprint density at radius 3 is 1.12 bits per heavy atom. The summed E-state index contributed by atoms with van der Waals surface area (Å²) in [5.41, 5.74) is 0. The smallest absolute Gasteiger partial charge is 0.326 e. The van der Waals surface area contributed by atoms with E-state index in [4.69, 9.17) is 0 Å². The van der Waals surface area contributed by atoms with Crippen LogP contribution in [0, 0.1) is 13.9 Å². The van der Waals surface area contributed by atoms with Gasteiger partial charge in [0.05, 0.1) is 0 Å². The van der Waals surface area contributed by atoms with Gasteiger partial charge in [0.15, 0.2) is 0 Å². The average molecular weight is 357 g/mol. The summed E-state index contributed by atoms with van der Waals surface area (Å²) in [6, 6.07) is 0. The van der Waals surface area contributed by atoms with Crippen LogP contribution in [0.2, 0.25) is 0 Å². The van der Waals surface area contributed by atoms with Crippen LogP contribution < -0.4 is 0 Å². The van der Waals surface area contributed by atoms with Gasteiger partial charge in [-0.1, -0.05) is 0 Å². The summed E-state index contributed by atoms with van der Waals surface area (Å²) in [6.07, 6.45) is -8.92. The first-order chi connectivity index (χ1) is 6.57. The molecule has 0 aliphatic heterocycles. The van der Waals surface area contributed by atoms with E-state index in [1.54, 1.807) is 0 Å². The fourth-order valence-electron chi connectivity index (χ4n) is 0.400. The van der Waals surface area contributed by atoms with E-state index in [1.165, 1.54) is 0 Å². The molecule has 0 amide bonds. The minimum Gasteiger partial charge on any atom is -0.412 e. The summed E-state index contributed by atoms with van der Waals surface area (Å²) >= 11 is 0. The molecule has 8 heteroatoms. The van der Waals surface area contributed by atoms with E-state index in [0.29, 0.717) is 0 Å². The van der Waals surface area contributed by atoms with Crippen LogP contribution >= 0.6 is 0 Å². The molecule has 0 aromatic rings. The van der Waals surface area contributed by atoms with Gasteiger partial charge in [0.2, 0.25) is 0 Å². The van der Waals surface area contributed by atoms with Gasteiger partial charge < -0.3 is 26.0 Å². The average Bonchev–Trinajstić information content (AvgIpc) is 2.00. The Morgan fingerprint density at radius 1 is 0.882 bits per heavy atom. The maximum atomic E-state index is 10.4. The van der Waals surface area contributed by atoms with Crippen LogP contribution in [0.3, 0.4) is 0 Å². The summed E-state index contributed by atoms with van der Waals surface area (Å²) in [4.78, 5) is 4.36. The van der Waals surface area contributed by atoms with E-state index in [0.717, 1.165) is 13.1 Å². The molecule has 0 aromatic carbocycles. The summed E-state index contributed by atoms with van der Waals surface area (Å²) < 4.78 is 51.8. The molecule has 0 unspecified atom stereocenters. The monoisotopic (exact) mass is 356 g/mol. The topological polar surface area (TPSA) is 6.48 Å². The Balaban J connectivity index is -0.0000000896. The maximum absolute atomic E-state index is 10.4. The van der Waals surface area contributed by atoms with Crippen molar-refractivity contribution < 1.29 is 42.4 Å². The fourth-order valence-corrected chi connectivity index (χ4v) is 0.400. The van der Waals surface area contributed by atoms with Crippen molar-refractivity contribution >= 4 is 0 Å². The molecule has 0 N–H and O–H groups in total. The minimum atomic E-state index is -5.42. The molecule has 0 bridgehead atoms. The van der Waals surface area contributed by atoms with Crippen molar-refractivity contribution in [2.75, 3.05) is 41.3 Å². The number of likely N-dealkylation sites (N-methyl/N-ethyl adjacent to an activating group) is 2. The normalized spacial score (nSPS) is 10.6. The third-order valence-corrected chi connectivity index (χ3v) is 1.21. The first kappa shape index (κ1) is 25.9. The van der Waals surface area contributed by atoms with Crippen molar-refractivity contribution in [3.8, 4) is 0 Å². The third-order valence-electron chi connectivity index (χ3n) is 1.21.